The third-order valence-electron chi connectivity index (χ3n) is 6.20. The Labute approximate surface area is 187 Å². The molecular formula is C27H26FN3O. The third-order valence-corrected chi connectivity index (χ3v) is 6.20. The molecule has 0 N–H and O–H groups in total. The average Bonchev–Trinajstić information content (AvgIpc) is 3.18. The SMILES string of the molecule is CN(C)CCCC1(c2ccc(F)cc2)OCc2cc(-c3cnc4ccccc4n3)ccc21. The van der Waals surface area contributed by atoms with Crippen LogP contribution in [0.4, 0.5) is 4.39 Å². The molecule has 0 bridgehead atoms. The van der Waals surface area contributed by atoms with Gasteiger partial charge in [-0.3, -0.25) is 4.98 Å². The van der Waals surface area contributed by atoms with E-state index in [9.17, 15) is 4.39 Å². The molecule has 1 unspecified atom stereocenters. The Balaban J connectivity index is 1.54. The van der Waals surface area contributed by atoms with Crippen LogP contribution in [0.1, 0.15) is 29.5 Å². The van der Waals surface area contributed by atoms with Crippen LogP contribution in [0.25, 0.3) is 22.3 Å². The van der Waals surface area contributed by atoms with Crippen molar-refractivity contribution in [3.63, 3.8) is 0 Å². The van der Waals surface area contributed by atoms with Gasteiger partial charge in [0.2, 0.25) is 0 Å². The Kier molecular flexibility index (Phi) is 5.45. The van der Waals surface area contributed by atoms with Gasteiger partial charge in [0.1, 0.15) is 11.4 Å². The first-order chi connectivity index (χ1) is 15.5. The first kappa shape index (κ1) is 20.7. The summed E-state index contributed by atoms with van der Waals surface area (Å²) in [6.07, 6.45) is 3.63. The second-order valence-electron chi connectivity index (χ2n) is 8.65. The largest absolute Gasteiger partial charge is 0.361 e. The predicted octanol–water partition coefficient (Wildman–Crippen LogP) is 5.55. The minimum absolute atomic E-state index is 0.236. The zero-order valence-corrected chi connectivity index (χ0v) is 18.4. The maximum atomic E-state index is 13.6. The van der Waals surface area contributed by atoms with Gasteiger partial charge in [-0.05, 0) is 80.5 Å². The molecule has 2 heterocycles. The zero-order chi connectivity index (χ0) is 22.1. The van der Waals surface area contributed by atoms with Crippen LogP contribution in [-0.2, 0) is 16.9 Å². The summed E-state index contributed by atoms with van der Waals surface area (Å²) in [6.45, 7) is 1.48. The summed E-state index contributed by atoms with van der Waals surface area (Å²) in [5, 5.41) is 0. The summed E-state index contributed by atoms with van der Waals surface area (Å²) < 4.78 is 20.1. The highest BCUT2D eigenvalue weighted by molar-refractivity contribution is 5.77. The van der Waals surface area contributed by atoms with Crippen molar-refractivity contribution in [1.82, 2.24) is 14.9 Å². The number of nitrogens with zero attached hydrogens (tertiary/aromatic N) is 3. The molecule has 0 radical (unpaired) electrons. The normalized spacial score (nSPS) is 17.8. The molecule has 1 aliphatic heterocycles. The van der Waals surface area contributed by atoms with Crippen molar-refractivity contribution < 1.29 is 9.13 Å². The van der Waals surface area contributed by atoms with Gasteiger partial charge in [-0.2, -0.15) is 0 Å². The summed E-state index contributed by atoms with van der Waals surface area (Å²) in [5.41, 5.74) is 6.36. The maximum Gasteiger partial charge on any atom is 0.123 e. The molecule has 5 heteroatoms. The summed E-state index contributed by atoms with van der Waals surface area (Å²) in [6, 6.07) is 21.0. The second kappa shape index (κ2) is 8.41. The lowest BCUT2D eigenvalue weighted by Gasteiger charge is -2.31. The van der Waals surface area contributed by atoms with E-state index in [-0.39, 0.29) is 5.82 Å². The number of halogens is 1. The Bertz CT molecular complexity index is 1260. The van der Waals surface area contributed by atoms with Crippen LogP contribution < -0.4 is 0 Å². The lowest BCUT2D eigenvalue weighted by molar-refractivity contribution is -0.0140. The van der Waals surface area contributed by atoms with Gasteiger partial charge in [0.05, 0.1) is 29.5 Å². The highest BCUT2D eigenvalue weighted by Crippen LogP contribution is 2.46. The van der Waals surface area contributed by atoms with Gasteiger partial charge in [-0.1, -0.05) is 36.4 Å². The van der Waals surface area contributed by atoms with Gasteiger partial charge in [-0.25, -0.2) is 9.37 Å². The molecule has 4 aromatic rings. The quantitative estimate of drug-likeness (QED) is 0.404. The molecule has 1 atom stereocenters. The fourth-order valence-corrected chi connectivity index (χ4v) is 4.59. The van der Waals surface area contributed by atoms with Crippen molar-refractivity contribution in [3.8, 4) is 11.3 Å². The summed E-state index contributed by atoms with van der Waals surface area (Å²) in [5.74, 6) is -0.236. The minimum atomic E-state index is -0.563. The molecule has 5 rings (SSSR count). The van der Waals surface area contributed by atoms with E-state index in [0.717, 1.165) is 58.4 Å². The van der Waals surface area contributed by atoms with Crippen molar-refractivity contribution in [2.45, 2.75) is 25.0 Å². The van der Waals surface area contributed by atoms with Crippen LogP contribution in [0.2, 0.25) is 0 Å². The number of rotatable bonds is 6. The molecule has 0 saturated carbocycles. The lowest BCUT2D eigenvalue weighted by Crippen LogP contribution is -2.28. The number of ether oxygens (including phenoxy) is 1. The first-order valence-corrected chi connectivity index (χ1v) is 11.0. The van der Waals surface area contributed by atoms with Crippen molar-refractivity contribution >= 4 is 11.0 Å². The Hall–Kier alpha value is -3.15. The topological polar surface area (TPSA) is 38.2 Å². The zero-order valence-electron chi connectivity index (χ0n) is 18.4. The lowest BCUT2D eigenvalue weighted by atomic mass is 9.81. The van der Waals surface area contributed by atoms with E-state index in [4.69, 9.17) is 9.72 Å². The number of aromatic nitrogens is 2. The number of para-hydroxylation sites is 2. The summed E-state index contributed by atoms with van der Waals surface area (Å²) >= 11 is 0. The highest BCUT2D eigenvalue weighted by Gasteiger charge is 2.41. The fraction of sp³-hybridized carbons (Fsp3) is 0.259. The molecule has 4 nitrogen and oxygen atoms in total. The van der Waals surface area contributed by atoms with E-state index in [1.165, 1.54) is 12.1 Å². The molecule has 162 valence electrons. The molecule has 0 spiro atoms. The molecule has 0 saturated heterocycles. The molecule has 0 amide bonds. The molecule has 3 aromatic carbocycles. The van der Waals surface area contributed by atoms with Crippen LogP contribution in [0.15, 0.2) is 72.9 Å². The van der Waals surface area contributed by atoms with Gasteiger partial charge >= 0.3 is 0 Å². The predicted molar refractivity (Wildman–Crippen MR) is 125 cm³/mol. The Morgan fingerprint density at radius 3 is 2.56 bits per heavy atom. The van der Waals surface area contributed by atoms with Gasteiger partial charge in [-0.15, -0.1) is 0 Å². The van der Waals surface area contributed by atoms with Gasteiger partial charge in [0, 0.05) is 5.56 Å². The van der Waals surface area contributed by atoms with E-state index < -0.39 is 5.60 Å². The summed E-state index contributed by atoms with van der Waals surface area (Å²) in [7, 11) is 4.15. The van der Waals surface area contributed by atoms with Crippen molar-refractivity contribution in [2.24, 2.45) is 0 Å². The molecular weight excluding hydrogens is 401 g/mol. The van der Waals surface area contributed by atoms with Crippen LogP contribution in [0.3, 0.4) is 0 Å². The van der Waals surface area contributed by atoms with E-state index in [1.54, 1.807) is 0 Å². The highest BCUT2D eigenvalue weighted by atomic mass is 19.1. The number of fused-ring (bicyclic) bond motifs is 2. The number of hydrogen-bond donors (Lipinski definition) is 0. The van der Waals surface area contributed by atoms with Crippen LogP contribution in [-0.4, -0.2) is 35.5 Å². The average molecular weight is 428 g/mol. The minimum Gasteiger partial charge on any atom is -0.361 e. The monoisotopic (exact) mass is 427 g/mol. The summed E-state index contributed by atoms with van der Waals surface area (Å²) in [4.78, 5) is 11.5. The third kappa shape index (κ3) is 3.78. The number of hydrogen-bond acceptors (Lipinski definition) is 4. The first-order valence-electron chi connectivity index (χ1n) is 11.0. The second-order valence-corrected chi connectivity index (χ2v) is 8.65. The van der Waals surface area contributed by atoms with Gasteiger partial charge in [0.25, 0.3) is 0 Å². The van der Waals surface area contributed by atoms with Gasteiger partial charge in [0.15, 0.2) is 0 Å². The number of benzene rings is 3. The maximum absolute atomic E-state index is 13.6. The molecule has 1 aromatic heterocycles. The Morgan fingerprint density at radius 2 is 1.78 bits per heavy atom. The molecule has 32 heavy (non-hydrogen) atoms. The van der Waals surface area contributed by atoms with Crippen molar-refractivity contribution in [1.29, 1.82) is 0 Å². The Morgan fingerprint density at radius 1 is 1.00 bits per heavy atom. The molecule has 0 aliphatic carbocycles. The smallest absolute Gasteiger partial charge is 0.123 e. The van der Waals surface area contributed by atoms with Crippen LogP contribution in [0, 0.1) is 5.82 Å². The fourth-order valence-electron chi connectivity index (χ4n) is 4.59. The van der Waals surface area contributed by atoms with Gasteiger partial charge < -0.3 is 9.64 Å². The van der Waals surface area contributed by atoms with Crippen LogP contribution >= 0.6 is 0 Å². The van der Waals surface area contributed by atoms with Crippen LogP contribution in [0.5, 0.6) is 0 Å². The molecule has 0 fully saturated rings. The standard InChI is InChI=1S/C27H26FN3O/c1-31(2)15-5-14-27(21-9-11-22(28)12-10-21)23-13-8-19(16-20(23)18-32-27)26-17-29-24-6-3-4-7-25(24)30-26/h3-4,6-13,16-17H,5,14-15,18H2,1-2H3. The van der Waals surface area contributed by atoms with E-state index in [0.29, 0.717) is 6.61 Å². The van der Waals surface area contributed by atoms with Crippen molar-refractivity contribution in [3.05, 3.63) is 95.4 Å². The van der Waals surface area contributed by atoms with E-state index in [2.05, 4.69) is 42.2 Å². The van der Waals surface area contributed by atoms with E-state index >= 15 is 0 Å². The molecule has 1 aliphatic rings. The van der Waals surface area contributed by atoms with E-state index in [1.807, 2.05) is 42.6 Å². The van der Waals surface area contributed by atoms with Crippen molar-refractivity contribution in [2.75, 3.05) is 20.6 Å².